The lowest BCUT2D eigenvalue weighted by atomic mass is 10.1. The van der Waals surface area contributed by atoms with Crippen molar-refractivity contribution in [2.75, 3.05) is 31.2 Å². The molecule has 10 heteroatoms. The van der Waals surface area contributed by atoms with Gasteiger partial charge in [-0.2, -0.15) is 5.10 Å². The number of thiophene rings is 1. The Kier molecular flexibility index (Phi) is 5.54. The van der Waals surface area contributed by atoms with Crippen molar-refractivity contribution in [2.24, 2.45) is 0 Å². The molecule has 34 heavy (non-hydrogen) atoms. The van der Waals surface area contributed by atoms with E-state index in [-0.39, 0.29) is 17.9 Å². The van der Waals surface area contributed by atoms with Crippen LogP contribution in [-0.2, 0) is 6.54 Å². The fourth-order valence-electron chi connectivity index (χ4n) is 4.29. The number of nitrogens with zero attached hydrogens (tertiary/aromatic N) is 4. The van der Waals surface area contributed by atoms with Crippen LogP contribution >= 0.6 is 22.7 Å². The summed E-state index contributed by atoms with van der Waals surface area (Å²) >= 11 is 3.07. The summed E-state index contributed by atoms with van der Waals surface area (Å²) in [6.45, 7) is 2.63. The number of ether oxygens (including phenoxy) is 2. The highest BCUT2D eigenvalue weighted by molar-refractivity contribution is 7.23. The third kappa shape index (κ3) is 3.86. The third-order valence-corrected chi connectivity index (χ3v) is 8.03. The number of aromatic nitrogens is 3. The molecule has 0 spiro atoms. The molecule has 0 atom stereocenters. The number of Topliss-reactive ketones (excluding diaryl/α,β-unsaturated/α-hetero) is 1. The number of anilines is 1. The molecule has 0 radical (unpaired) electrons. The lowest BCUT2D eigenvalue weighted by Crippen LogP contribution is -2.29. The first-order valence-electron chi connectivity index (χ1n) is 11.3. The maximum Gasteiger partial charge on any atom is 0.294 e. The van der Waals surface area contributed by atoms with Gasteiger partial charge in [0.25, 0.3) is 5.56 Å². The number of rotatable bonds is 5. The van der Waals surface area contributed by atoms with Gasteiger partial charge >= 0.3 is 0 Å². The average Bonchev–Trinajstić information content (AvgIpc) is 3.57. The van der Waals surface area contributed by atoms with Crippen molar-refractivity contribution in [3.8, 4) is 22.1 Å². The fraction of sp³-hybridized carbons (Fsp3) is 0.333. The van der Waals surface area contributed by atoms with Gasteiger partial charge in [0.2, 0.25) is 0 Å². The molecule has 174 valence electrons. The van der Waals surface area contributed by atoms with E-state index in [0.717, 1.165) is 40.6 Å². The van der Waals surface area contributed by atoms with Crippen LogP contribution in [0, 0.1) is 0 Å². The summed E-state index contributed by atoms with van der Waals surface area (Å²) < 4.78 is 13.2. The quantitative estimate of drug-likeness (QED) is 0.384. The number of carbonyl (C=O) groups is 1. The van der Waals surface area contributed by atoms with Crippen LogP contribution in [0.1, 0.15) is 29.6 Å². The van der Waals surface area contributed by atoms with Gasteiger partial charge in [0.1, 0.15) is 25.5 Å². The van der Waals surface area contributed by atoms with Crippen molar-refractivity contribution in [2.45, 2.75) is 25.8 Å². The molecular weight excluding hydrogens is 472 g/mol. The summed E-state index contributed by atoms with van der Waals surface area (Å²) in [5, 5.41) is 7.47. The summed E-state index contributed by atoms with van der Waals surface area (Å²) in [6.07, 6.45) is 3.47. The van der Waals surface area contributed by atoms with Gasteiger partial charge in [-0.3, -0.25) is 9.59 Å². The van der Waals surface area contributed by atoms with Crippen molar-refractivity contribution in [1.29, 1.82) is 0 Å². The molecule has 0 saturated carbocycles. The van der Waals surface area contributed by atoms with Crippen LogP contribution < -0.4 is 19.9 Å². The van der Waals surface area contributed by atoms with E-state index in [0.29, 0.717) is 41.5 Å². The second-order valence-corrected chi connectivity index (χ2v) is 10.2. The second kappa shape index (κ2) is 8.84. The summed E-state index contributed by atoms with van der Waals surface area (Å²) in [7, 11) is 0. The molecule has 3 aromatic heterocycles. The molecule has 4 aromatic rings. The molecule has 5 heterocycles. The zero-order chi connectivity index (χ0) is 23.1. The molecule has 2 aliphatic heterocycles. The third-order valence-electron chi connectivity index (χ3n) is 6.03. The molecule has 0 unspecified atom stereocenters. The number of fused-ring (bicyclic) bond motifs is 2. The lowest BCUT2D eigenvalue weighted by molar-refractivity contribution is 0.0965. The normalized spacial score (nSPS) is 15.6. The van der Waals surface area contributed by atoms with Gasteiger partial charge in [0.15, 0.2) is 27.9 Å². The zero-order valence-electron chi connectivity index (χ0n) is 18.4. The van der Waals surface area contributed by atoms with Crippen LogP contribution in [0.2, 0.25) is 0 Å². The summed E-state index contributed by atoms with van der Waals surface area (Å²) in [5.41, 5.74) is 1.17. The molecule has 8 nitrogen and oxygen atoms in total. The average molecular weight is 495 g/mol. The highest BCUT2D eigenvalue weighted by atomic mass is 32.1. The summed E-state index contributed by atoms with van der Waals surface area (Å²) in [5.74, 6) is 0.930. The Morgan fingerprint density at radius 3 is 2.68 bits per heavy atom. The van der Waals surface area contributed by atoms with E-state index in [2.05, 4.69) is 10.00 Å². The van der Waals surface area contributed by atoms with Crippen molar-refractivity contribution in [1.82, 2.24) is 14.8 Å². The van der Waals surface area contributed by atoms with Crippen molar-refractivity contribution < 1.29 is 14.3 Å². The maximum absolute atomic E-state index is 13.4. The monoisotopic (exact) mass is 494 g/mol. The smallest absolute Gasteiger partial charge is 0.294 e. The van der Waals surface area contributed by atoms with Gasteiger partial charge in [-0.15, -0.1) is 11.3 Å². The summed E-state index contributed by atoms with van der Waals surface area (Å²) in [4.78, 5) is 34.4. The number of benzene rings is 1. The minimum Gasteiger partial charge on any atom is -0.486 e. The minimum absolute atomic E-state index is 0.177. The SMILES string of the molecule is O=C(Cn1nc(-c2cccs2)c2sc(N3CCCCC3)nc2c1=O)c1ccc2c(c1)OCCO2. The van der Waals surface area contributed by atoms with E-state index < -0.39 is 0 Å². The Hall–Kier alpha value is -3.24. The lowest BCUT2D eigenvalue weighted by Gasteiger charge is -2.25. The molecule has 1 fully saturated rings. The van der Waals surface area contributed by atoms with Crippen LogP contribution in [-0.4, -0.2) is 46.9 Å². The molecule has 1 aromatic carbocycles. The van der Waals surface area contributed by atoms with Crippen LogP contribution in [0.25, 0.3) is 20.8 Å². The van der Waals surface area contributed by atoms with Gasteiger partial charge in [0, 0.05) is 18.7 Å². The van der Waals surface area contributed by atoms with E-state index in [1.165, 1.54) is 22.4 Å². The first-order valence-corrected chi connectivity index (χ1v) is 13.0. The van der Waals surface area contributed by atoms with E-state index in [9.17, 15) is 9.59 Å². The molecular formula is C24H22N4O4S2. The Balaban J connectivity index is 1.40. The van der Waals surface area contributed by atoms with Gasteiger partial charge in [-0.25, -0.2) is 9.67 Å². The number of hydrogen-bond donors (Lipinski definition) is 0. The van der Waals surface area contributed by atoms with Crippen LogP contribution in [0.4, 0.5) is 5.13 Å². The van der Waals surface area contributed by atoms with Crippen LogP contribution in [0.5, 0.6) is 11.5 Å². The Morgan fingerprint density at radius 1 is 1.06 bits per heavy atom. The molecule has 0 bridgehead atoms. The van der Waals surface area contributed by atoms with Gasteiger partial charge in [0.05, 0.1) is 9.58 Å². The molecule has 6 rings (SSSR count). The second-order valence-electron chi connectivity index (χ2n) is 8.29. The summed E-state index contributed by atoms with van der Waals surface area (Å²) in [6, 6.07) is 9.01. The van der Waals surface area contributed by atoms with Crippen LogP contribution in [0.15, 0.2) is 40.5 Å². The fourth-order valence-corrected chi connectivity index (χ4v) is 6.18. The van der Waals surface area contributed by atoms with Crippen molar-refractivity contribution >= 4 is 43.8 Å². The molecule has 0 N–H and O–H groups in total. The highest BCUT2D eigenvalue weighted by Gasteiger charge is 2.23. The number of carbonyl (C=O) groups excluding carboxylic acids is 1. The topological polar surface area (TPSA) is 86.6 Å². The first kappa shape index (κ1) is 21.3. The predicted octanol–water partition coefficient (Wildman–Crippen LogP) is 4.23. The van der Waals surface area contributed by atoms with Gasteiger partial charge in [-0.05, 0) is 48.9 Å². The van der Waals surface area contributed by atoms with Gasteiger partial charge < -0.3 is 14.4 Å². The van der Waals surface area contributed by atoms with E-state index in [4.69, 9.17) is 14.5 Å². The Morgan fingerprint density at radius 2 is 1.88 bits per heavy atom. The van der Waals surface area contributed by atoms with Gasteiger partial charge in [-0.1, -0.05) is 17.4 Å². The predicted molar refractivity (Wildman–Crippen MR) is 133 cm³/mol. The van der Waals surface area contributed by atoms with Crippen molar-refractivity contribution in [3.05, 3.63) is 51.6 Å². The van der Waals surface area contributed by atoms with Crippen LogP contribution in [0.3, 0.4) is 0 Å². The Labute approximate surface area is 203 Å². The molecule has 2 aliphatic rings. The number of ketones is 1. The minimum atomic E-state index is -0.347. The Bertz CT molecular complexity index is 1420. The number of piperidine rings is 1. The molecule has 0 aliphatic carbocycles. The van der Waals surface area contributed by atoms with Crippen molar-refractivity contribution in [3.63, 3.8) is 0 Å². The highest BCUT2D eigenvalue weighted by Crippen LogP contribution is 2.36. The van der Waals surface area contributed by atoms with E-state index in [1.54, 1.807) is 29.5 Å². The standard InChI is InChI=1S/C24H22N4O4S2/c29-16(15-6-7-17-18(13-15)32-11-10-31-17)14-28-23(30)21-22(20(26-28)19-5-4-12-33-19)34-24(25-21)27-8-2-1-3-9-27/h4-7,12-13H,1-3,8-11,14H2. The first-order chi connectivity index (χ1) is 16.7. The largest absolute Gasteiger partial charge is 0.486 e. The maximum atomic E-state index is 13.4. The van der Waals surface area contributed by atoms with E-state index in [1.807, 2.05) is 17.5 Å². The number of thiazole rings is 1. The number of hydrogen-bond acceptors (Lipinski definition) is 9. The zero-order valence-corrected chi connectivity index (χ0v) is 20.0. The van der Waals surface area contributed by atoms with E-state index >= 15 is 0 Å². The molecule has 0 amide bonds. The molecule has 1 saturated heterocycles.